The number of nitrogens with two attached hydrogens (primary N) is 2. The van der Waals surface area contributed by atoms with Gasteiger partial charge < -0.3 is 30.1 Å². The maximum Gasteiger partial charge on any atom is 0.502 e. The fraction of sp³-hybridized carbons (Fsp3) is 1.00. The summed E-state index contributed by atoms with van der Waals surface area (Å²) in [7, 11) is -2.35. The van der Waals surface area contributed by atoms with Crippen molar-refractivity contribution in [2.24, 2.45) is 11.5 Å². The molecular formula is C14H32N4O3Si. The van der Waals surface area contributed by atoms with Crippen LogP contribution in [0.1, 0.15) is 20.3 Å². The highest BCUT2D eigenvalue weighted by Crippen LogP contribution is 2.40. The molecular weight excluding hydrogens is 300 g/mol. The van der Waals surface area contributed by atoms with Gasteiger partial charge in [-0.1, -0.05) is 0 Å². The van der Waals surface area contributed by atoms with Crippen LogP contribution in [0.3, 0.4) is 0 Å². The molecule has 2 rings (SSSR count). The smallest absolute Gasteiger partial charge is 0.368 e. The van der Waals surface area contributed by atoms with E-state index in [2.05, 4.69) is 24.1 Å². The molecule has 2 fully saturated rings. The number of nitrogens with one attached hydrogen (secondary N) is 1. The van der Waals surface area contributed by atoms with E-state index in [0.717, 1.165) is 45.2 Å². The maximum absolute atomic E-state index is 6.02. The monoisotopic (exact) mass is 332 g/mol. The maximum atomic E-state index is 6.02. The Hall–Kier alpha value is -0.0631. The Labute approximate surface area is 135 Å². The minimum atomic E-state index is -2.35. The summed E-state index contributed by atoms with van der Waals surface area (Å²) < 4.78 is 17.9. The van der Waals surface area contributed by atoms with E-state index < -0.39 is 8.80 Å². The molecule has 0 spiro atoms. The fourth-order valence-electron chi connectivity index (χ4n) is 3.23. The zero-order valence-corrected chi connectivity index (χ0v) is 14.9. The summed E-state index contributed by atoms with van der Waals surface area (Å²) in [6.45, 7) is 10.2. The number of hydrogen-bond acceptors (Lipinski definition) is 7. The number of rotatable bonds is 11. The first-order valence-corrected chi connectivity index (χ1v) is 10.4. The summed E-state index contributed by atoms with van der Waals surface area (Å²) in [4.78, 5) is 2.29. The molecule has 0 aromatic heterocycles. The van der Waals surface area contributed by atoms with E-state index in [1.165, 1.54) is 0 Å². The van der Waals surface area contributed by atoms with Crippen LogP contribution in [0.25, 0.3) is 0 Å². The lowest BCUT2D eigenvalue weighted by Crippen LogP contribution is -2.44. The van der Waals surface area contributed by atoms with Gasteiger partial charge in [0.25, 0.3) is 0 Å². The Balaban J connectivity index is 1.56. The third kappa shape index (κ3) is 4.72. The van der Waals surface area contributed by atoms with Gasteiger partial charge in [0.15, 0.2) is 0 Å². The van der Waals surface area contributed by atoms with Gasteiger partial charge in [-0.05, 0) is 26.8 Å². The van der Waals surface area contributed by atoms with Crippen molar-refractivity contribution in [1.29, 1.82) is 0 Å². The first-order chi connectivity index (χ1) is 10.6. The molecule has 2 aliphatic heterocycles. The largest absolute Gasteiger partial charge is 0.502 e. The van der Waals surface area contributed by atoms with Crippen LogP contribution in [0.15, 0.2) is 0 Å². The van der Waals surface area contributed by atoms with Gasteiger partial charge >= 0.3 is 8.80 Å². The molecule has 0 aromatic rings. The van der Waals surface area contributed by atoms with Crippen LogP contribution >= 0.6 is 0 Å². The quantitative estimate of drug-likeness (QED) is 0.342. The Kier molecular flexibility index (Phi) is 7.22. The van der Waals surface area contributed by atoms with Gasteiger partial charge in [-0.15, -0.1) is 0 Å². The zero-order chi connectivity index (χ0) is 16.0. The molecule has 22 heavy (non-hydrogen) atoms. The molecule has 0 aliphatic carbocycles. The van der Waals surface area contributed by atoms with Crippen molar-refractivity contribution in [2.75, 3.05) is 45.8 Å². The lowest BCUT2D eigenvalue weighted by atomic mass is 10.1. The van der Waals surface area contributed by atoms with Crippen molar-refractivity contribution in [3.63, 3.8) is 0 Å². The molecule has 5 N–H and O–H groups in total. The number of nitrogens with zero attached hydrogens (tertiary/aromatic N) is 1. The Morgan fingerprint density at radius 1 is 0.955 bits per heavy atom. The minimum Gasteiger partial charge on any atom is -0.368 e. The van der Waals surface area contributed by atoms with Crippen LogP contribution in [0, 0.1) is 0 Å². The average molecular weight is 333 g/mol. The number of fused-ring (bicyclic) bond motifs is 2. The fourth-order valence-corrected chi connectivity index (χ4v) is 6.56. The van der Waals surface area contributed by atoms with E-state index in [-0.39, 0.29) is 18.3 Å². The molecule has 0 saturated carbocycles. The first kappa shape index (κ1) is 18.3. The summed E-state index contributed by atoms with van der Waals surface area (Å²) in [5.74, 6) is 0. The van der Waals surface area contributed by atoms with E-state index in [9.17, 15) is 0 Å². The van der Waals surface area contributed by atoms with E-state index in [1.807, 2.05) is 0 Å². The van der Waals surface area contributed by atoms with E-state index >= 15 is 0 Å². The van der Waals surface area contributed by atoms with Crippen molar-refractivity contribution < 1.29 is 13.3 Å². The van der Waals surface area contributed by atoms with E-state index in [0.29, 0.717) is 13.1 Å². The summed E-state index contributed by atoms with van der Waals surface area (Å²) in [5, 5.41) is 3.47. The molecule has 2 heterocycles. The van der Waals surface area contributed by atoms with Gasteiger partial charge in [0.05, 0.1) is 18.3 Å². The molecule has 0 radical (unpaired) electrons. The summed E-state index contributed by atoms with van der Waals surface area (Å²) in [5.41, 5.74) is 11.2. The SMILES string of the molecule is CC1O[Si]2(CCCNCCN(CCN)CCN)OC(C)C1O2. The molecule has 2 bridgehead atoms. The highest BCUT2D eigenvalue weighted by Gasteiger charge is 2.60. The van der Waals surface area contributed by atoms with Gasteiger partial charge in [0, 0.05) is 45.3 Å². The van der Waals surface area contributed by atoms with Gasteiger partial charge in [-0.2, -0.15) is 0 Å². The second-order valence-electron chi connectivity index (χ2n) is 6.18. The van der Waals surface area contributed by atoms with Crippen molar-refractivity contribution in [2.45, 2.75) is 44.6 Å². The second-order valence-corrected chi connectivity index (χ2v) is 8.76. The minimum absolute atomic E-state index is 0.140. The van der Waals surface area contributed by atoms with Crippen LogP contribution in [0.5, 0.6) is 0 Å². The van der Waals surface area contributed by atoms with Crippen molar-refractivity contribution in [3.8, 4) is 0 Å². The third-order valence-corrected chi connectivity index (χ3v) is 7.36. The van der Waals surface area contributed by atoms with Gasteiger partial charge in [-0.3, -0.25) is 4.90 Å². The van der Waals surface area contributed by atoms with Crippen LogP contribution in [-0.4, -0.2) is 77.8 Å². The lowest BCUT2D eigenvalue weighted by molar-refractivity contribution is 0.0405. The third-order valence-electron chi connectivity index (χ3n) is 4.30. The standard InChI is InChI=1S/C14H32N4O3Si/c1-12-14-13(2)20-22(19-12,21-14)11-3-6-17-7-10-18(8-4-15)9-5-16/h12-14,17H,3-11,15-16H2,1-2H3. The Bertz CT molecular complexity index is 319. The van der Waals surface area contributed by atoms with Crippen LogP contribution in [0.4, 0.5) is 0 Å². The van der Waals surface area contributed by atoms with Crippen LogP contribution in [0.2, 0.25) is 6.04 Å². The predicted molar refractivity (Wildman–Crippen MR) is 88.6 cm³/mol. The van der Waals surface area contributed by atoms with Crippen molar-refractivity contribution in [1.82, 2.24) is 10.2 Å². The van der Waals surface area contributed by atoms with Gasteiger partial charge in [0.2, 0.25) is 0 Å². The highest BCUT2D eigenvalue weighted by molar-refractivity contribution is 6.62. The summed E-state index contributed by atoms with van der Waals surface area (Å²) in [6.07, 6.45) is 1.53. The molecule has 8 heteroatoms. The topological polar surface area (TPSA) is 95.0 Å². The Morgan fingerprint density at radius 3 is 2.14 bits per heavy atom. The average Bonchev–Trinajstić information content (AvgIpc) is 2.96. The molecule has 0 amide bonds. The summed E-state index contributed by atoms with van der Waals surface area (Å²) in [6, 6.07) is 0.903. The molecule has 2 atom stereocenters. The molecule has 7 nitrogen and oxygen atoms in total. The van der Waals surface area contributed by atoms with Crippen molar-refractivity contribution in [3.05, 3.63) is 0 Å². The van der Waals surface area contributed by atoms with Gasteiger partial charge in [0.1, 0.15) is 0 Å². The van der Waals surface area contributed by atoms with E-state index in [1.54, 1.807) is 0 Å². The van der Waals surface area contributed by atoms with Crippen LogP contribution in [-0.2, 0) is 13.3 Å². The van der Waals surface area contributed by atoms with Crippen LogP contribution < -0.4 is 16.8 Å². The second kappa shape index (κ2) is 8.70. The molecule has 2 unspecified atom stereocenters. The lowest BCUT2D eigenvalue weighted by Gasteiger charge is -2.26. The molecule has 2 aliphatic rings. The first-order valence-electron chi connectivity index (χ1n) is 8.47. The summed E-state index contributed by atoms with van der Waals surface area (Å²) >= 11 is 0. The zero-order valence-electron chi connectivity index (χ0n) is 13.9. The molecule has 0 aromatic carbocycles. The Morgan fingerprint density at radius 2 is 1.59 bits per heavy atom. The molecule has 2 saturated heterocycles. The predicted octanol–water partition coefficient (Wildman–Crippen LogP) is -0.653. The molecule has 130 valence electrons. The number of hydrogen-bond donors (Lipinski definition) is 3. The highest BCUT2D eigenvalue weighted by atomic mass is 28.4. The normalized spacial score (nSPS) is 34.0. The van der Waals surface area contributed by atoms with Crippen molar-refractivity contribution >= 4 is 8.80 Å². The van der Waals surface area contributed by atoms with Gasteiger partial charge in [-0.25, -0.2) is 0 Å². The van der Waals surface area contributed by atoms with E-state index in [4.69, 9.17) is 24.7 Å².